The summed E-state index contributed by atoms with van der Waals surface area (Å²) >= 11 is 3.12. The standard InChI is InChI=1S/C13H9BrN4O3/c1-18-8-4-6(9(19)5-14)2-3-7(8)15-10-11(18)16-13(21)17-12(10)20/h2-4H,5H2,1H3,(H,17,20,21). The summed E-state index contributed by atoms with van der Waals surface area (Å²) in [6.45, 7) is 0. The Morgan fingerprint density at radius 3 is 2.81 bits per heavy atom. The zero-order valence-corrected chi connectivity index (χ0v) is 12.5. The van der Waals surface area contributed by atoms with Crippen LogP contribution in [-0.2, 0) is 7.05 Å². The summed E-state index contributed by atoms with van der Waals surface area (Å²) in [5.74, 6) is 0.111. The number of fused-ring (bicyclic) bond motifs is 2. The third-order valence-corrected chi connectivity index (χ3v) is 3.69. The average molecular weight is 349 g/mol. The topological polar surface area (TPSA) is 97.7 Å². The van der Waals surface area contributed by atoms with Gasteiger partial charge in [0.1, 0.15) is 0 Å². The lowest BCUT2D eigenvalue weighted by Gasteiger charge is -2.12. The largest absolute Gasteiger partial charge is 0.349 e. The van der Waals surface area contributed by atoms with Crippen molar-refractivity contribution in [2.75, 3.05) is 5.33 Å². The maximum atomic E-state index is 11.8. The van der Waals surface area contributed by atoms with Crippen LogP contribution in [0, 0.1) is 0 Å². The molecule has 2 heterocycles. The van der Waals surface area contributed by atoms with Gasteiger partial charge in [-0.2, -0.15) is 4.98 Å². The van der Waals surface area contributed by atoms with Gasteiger partial charge in [0.05, 0.1) is 16.4 Å². The van der Waals surface area contributed by atoms with Crippen molar-refractivity contribution in [2.45, 2.75) is 0 Å². The first-order valence-electron chi connectivity index (χ1n) is 6.01. The Morgan fingerprint density at radius 1 is 1.33 bits per heavy atom. The van der Waals surface area contributed by atoms with Crippen LogP contribution in [0.3, 0.4) is 0 Å². The first kappa shape index (κ1) is 13.6. The van der Waals surface area contributed by atoms with Crippen LogP contribution in [0.5, 0.6) is 0 Å². The predicted octanol–water partition coefficient (Wildman–Crippen LogP) is 0.699. The van der Waals surface area contributed by atoms with Gasteiger partial charge in [-0.15, -0.1) is 0 Å². The van der Waals surface area contributed by atoms with E-state index < -0.39 is 11.2 Å². The number of hydrogen-bond donors (Lipinski definition) is 1. The fourth-order valence-corrected chi connectivity index (χ4v) is 2.47. The maximum absolute atomic E-state index is 11.8. The van der Waals surface area contributed by atoms with E-state index in [1.165, 1.54) is 0 Å². The first-order chi connectivity index (χ1) is 10.0. The molecular formula is C13H9BrN4O3. The fraction of sp³-hybridized carbons (Fsp3) is 0.154. The number of aromatic amines is 1. The molecule has 8 heteroatoms. The molecule has 2 aliphatic rings. The lowest BCUT2D eigenvalue weighted by Crippen LogP contribution is -2.28. The summed E-state index contributed by atoms with van der Waals surface area (Å²) in [4.78, 5) is 45.0. The van der Waals surface area contributed by atoms with E-state index in [0.717, 1.165) is 0 Å². The highest BCUT2D eigenvalue weighted by molar-refractivity contribution is 9.09. The Hall–Kier alpha value is -2.35. The van der Waals surface area contributed by atoms with Gasteiger partial charge in [-0.3, -0.25) is 14.6 Å². The SMILES string of the molecule is Cn1c2nc(=O)[nH]c(=O)c-2nc2ccc(C(=O)CBr)cc21. The Labute approximate surface area is 126 Å². The molecule has 0 saturated carbocycles. The molecule has 0 fully saturated rings. The van der Waals surface area contributed by atoms with Crippen molar-refractivity contribution in [1.29, 1.82) is 0 Å². The normalized spacial score (nSPS) is 11.1. The van der Waals surface area contributed by atoms with Crippen LogP contribution in [0.15, 0.2) is 27.8 Å². The number of aryl methyl sites for hydroxylation is 1. The first-order valence-corrected chi connectivity index (χ1v) is 7.13. The van der Waals surface area contributed by atoms with E-state index in [0.29, 0.717) is 16.6 Å². The quantitative estimate of drug-likeness (QED) is 0.417. The van der Waals surface area contributed by atoms with Crippen molar-refractivity contribution in [3.63, 3.8) is 0 Å². The molecule has 1 aromatic carbocycles. The van der Waals surface area contributed by atoms with E-state index in [4.69, 9.17) is 0 Å². The van der Waals surface area contributed by atoms with Crippen molar-refractivity contribution < 1.29 is 4.79 Å². The summed E-state index contributed by atoms with van der Waals surface area (Å²) in [6.07, 6.45) is 0. The highest BCUT2D eigenvalue weighted by Gasteiger charge is 2.17. The number of Topliss-reactive ketones (excluding diaryl/α,β-unsaturated/α-hetero) is 1. The molecule has 0 radical (unpaired) electrons. The van der Waals surface area contributed by atoms with Gasteiger partial charge in [-0.05, 0) is 18.2 Å². The van der Waals surface area contributed by atoms with Gasteiger partial charge >= 0.3 is 5.69 Å². The van der Waals surface area contributed by atoms with Gasteiger partial charge in [0.25, 0.3) is 5.56 Å². The molecule has 21 heavy (non-hydrogen) atoms. The van der Waals surface area contributed by atoms with E-state index in [1.54, 1.807) is 29.8 Å². The van der Waals surface area contributed by atoms with E-state index in [9.17, 15) is 14.4 Å². The number of hydrogen-bond acceptors (Lipinski definition) is 5. The summed E-state index contributed by atoms with van der Waals surface area (Å²) in [5, 5.41) is 0.214. The number of nitrogens with one attached hydrogen (secondary N) is 1. The van der Waals surface area contributed by atoms with Crippen LogP contribution < -0.4 is 11.2 Å². The molecule has 1 N–H and O–H groups in total. The minimum Gasteiger partial charge on any atom is -0.325 e. The van der Waals surface area contributed by atoms with Crippen LogP contribution in [0.1, 0.15) is 10.4 Å². The number of carbonyl (C=O) groups excluding carboxylic acids is 1. The fourth-order valence-electron chi connectivity index (χ4n) is 2.14. The molecule has 3 rings (SSSR count). The molecule has 0 atom stereocenters. The smallest absolute Gasteiger partial charge is 0.325 e. The second kappa shape index (κ2) is 4.88. The number of rotatable bonds is 2. The van der Waals surface area contributed by atoms with Crippen molar-refractivity contribution in [1.82, 2.24) is 19.5 Å². The van der Waals surface area contributed by atoms with Crippen LogP contribution in [0.25, 0.3) is 22.6 Å². The maximum Gasteiger partial charge on any atom is 0.349 e. The Morgan fingerprint density at radius 2 is 2.10 bits per heavy atom. The van der Waals surface area contributed by atoms with E-state index in [2.05, 4.69) is 30.9 Å². The van der Waals surface area contributed by atoms with Gasteiger partial charge in [0.15, 0.2) is 17.3 Å². The molecule has 2 aliphatic heterocycles. The zero-order valence-electron chi connectivity index (χ0n) is 10.9. The van der Waals surface area contributed by atoms with E-state index in [-0.39, 0.29) is 22.6 Å². The third-order valence-electron chi connectivity index (χ3n) is 3.18. The number of carbonyl (C=O) groups is 1. The molecule has 1 aromatic rings. The predicted molar refractivity (Wildman–Crippen MR) is 80.1 cm³/mol. The summed E-state index contributed by atoms with van der Waals surface area (Å²) in [5.41, 5.74) is 0.460. The van der Waals surface area contributed by atoms with Crippen molar-refractivity contribution in [3.05, 3.63) is 44.6 Å². The van der Waals surface area contributed by atoms with Gasteiger partial charge < -0.3 is 4.57 Å². The molecule has 106 valence electrons. The molecular weight excluding hydrogens is 340 g/mol. The zero-order chi connectivity index (χ0) is 15.1. The monoisotopic (exact) mass is 348 g/mol. The average Bonchev–Trinajstić information content (AvgIpc) is 2.47. The van der Waals surface area contributed by atoms with Crippen molar-refractivity contribution in [2.24, 2.45) is 7.05 Å². The summed E-state index contributed by atoms with van der Waals surface area (Å²) < 4.78 is 1.58. The number of nitrogens with zero attached hydrogens (tertiary/aromatic N) is 3. The van der Waals surface area contributed by atoms with E-state index in [1.807, 2.05) is 0 Å². The Balaban J connectivity index is 2.44. The second-order valence-corrected chi connectivity index (χ2v) is 5.04. The highest BCUT2D eigenvalue weighted by Crippen LogP contribution is 2.20. The van der Waals surface area contributed by atoms with Gasteiger partial charge in [-0.25, -0.2) is 9.78 Å². The Bertz CT molecular complexity index is 960. The number of H-pyrrole nitrogens is 1. The summed E-state index contributed by atoms with van der Waals surface area (Å²) in [6, 6.07) is 4.97. The third kappa shape index (κ3) is 2.17. The molecule has 0 aliphatic carbocycles. The highest BCUT2D eigenvalue weighted by atomic mass is 79.9. The molecule has 0 spiro atoms. The number of halogens is 1. The van der Waals surface area contributed by atoms with Gasteiger partial charge in [0.2, 0.25) is 0 Å². The molecule has 0 aromatic heterocycles. The minimum absolute atomic E-state index is 0.0691. The Kier molecular flexibility index (Phi) is 3.17. The van der Waals surface area contributed by atoms with Gasteiger partial charge in [-0.1, -0.05) is 15.9 Å². The molecule has 0 saturated heterocycles. The molecule has 0 unspecified atom stereocenters. The van der Waals surface area contributed by atoms with Crippen molar-refractivity contribution in [3.8, 4) is 11.5 Å². The van der Waals surface area contributed by atoms with E-state index >= 15 is 0 Å². The lowest BCUT2D eigenvalue weighted by atomic mass is 10.1. The summed E-state index contributed by atoms with van der Waals surface area (Å²) in [7, 11) is 1.67. The van der Waals surface area contributed by atoms with Crippen LogP contribution in [-0.4, -0.2) is 30.6 Å². The lowest BCUT2D eigenvalue weighted by molar-refractivity contribution is 0.102. The number of benzene rings is 1. The van der Waals surface area contributed by atoms with Crippen LogP contribution in [0.2, 0.25) is 0 Å². The second-order valence-electron chi connectivity index (χ2n) is 4.47. The molecule has 0 amide bonds. The van der Waals surface area contributed by atoms with Gasteiger partial charge in [0, 0.05) is 12.6 Å². The minimum atomic E-state index is -0.725. The number of ketones is 1. The van der Waals surface area contributed by atoms with Crippen LogP contribution >= 0.6 is 15.9 Å². The molecule has 7 nitrogen and oxygen atoms in total. The number of aromatic nitrogens is 4. The van der Waals surface area contributed by atoms with Crippen molar-refractivity contribution >= 4 is 32.7 Å². The molecule has 0 bridgehead atoms. The van der Waals surface area contributed by atoms with Crippen LogP contribution in [0.4, 0.5) is 0 Å². The number of alkyl halides is 1.